The van der Waals surface area contributed by atoms with E-state index in [1.165, 1.54) is 4.90 Å². The normalized spacial score (nSPS) is 16.0. The summed E-state index contributed by atoms with van der Waals surface area (Å²) in [5.74, 6) is -14.3. The van der Waals surface area contributed by atoms with Crippen LogP contribution in [0.15, 0.2) is 30.3 Å². The third kappa shape index (κ3) is 10.3. The average Bonchev–Trinajstić information content (AvgIpc) is 3.24. The summed E-state index contributed by atoms with van der Waals surface area (Å²) in [5, 5.41) is 2.36. The monoisotopic (exact) mass is 680 g/mol. The minimum absolute atomic E-state index is 0.00466. The summed E-state index contributed by atoms with van der Waals surface area (Å²) < 4.78 is 70.9. The molecule has 48 heavy (non-hydrogen) atoms. The number of nitrogens with zero attached hydrogens (tertiary/aromatic N) is 1. The van der Waals surface area contributed by atoms with E-state index in [0.717, 1.165) is 5.56 Å². The first-order valence-corrected chi connectivity index (χ1v) is 15.3. The Hall–Kier alpha value is -4.33. The molecule has 2 atom stereocenters. The molecule has 1 aliphatic rings. The van der Waals surface area contributed by atoms with Crippen LogP contribution < -0.4 is 10.1 Å². The highest BCUT2D eigenvalue weighted by molar-refractivity contribution is 6.36. The molecule has 262 valence electrons. The Morgan fingerprint density at radius 1 is 0.979 bits per heavy atom. The summed E-state index contributed by atoms with van der Waals surface area (Å²) in [4.78, 5) is 66.7. The van der Waals surface area contributed by atoms with Gasteiger partial charge < -0.3 is 24.4 Å². The van der Waals surface area contributed by atoms with Crippen LogP contribution in [0.2, 0.25) is 0 Å². The molecule has 1 fully saturated rings. The van der Waals surface area contributed by atoms with E-state index in [1.54, 1.807) is 32.9 Å². The van der Waals surface area contributed by atoms with Gasteiger partial charge in [0.15, 0.2) is 23.2 Å². The fourth-order valence-electron chi connectivity index (χ4n) is 4.99. The number of benzene rings is 2. The maximum atomic E-state index is 14.1. The van der Waals surface area contributed by atoms with E-state index in [2.05, 4.69) is 5.32 Å². The van der Waals surface area contributed by atoms with Crippen LogP contribution in [-0.2, 0) is 45.3 Å². The van der Waals surface area contributed by atoms with Crippen molar-refractivity contribution in [2.45, 2.75) is 71.4 Å². The lowest BCUT2D eigenvalue weighted by molar-refractivity contribution is -0.156. The van der Waals surface area contributed by atoms with Crippen LogP contribution in [-0.4, -0.2) is 78.8 Å². The minimum Gasteiger partial charge on any atom is -0.479 e. The highest BCUT2D eigenvalue weighted by Gasteiger charge is 2.35. The molecule has 10 nitrogen and oxygen atoms in total. The first kappa shape index (κ1) is 38.1. The number of ether oxygens (including phenoxy) is 3. The van der Waals surface area contributed by atoms with Gasteiger partial charge in [-0.2, -0.15) is 8.78 Å². The van der Waals surface area contributed by atoms with E-state index in [1.807, 2.05) is 32.9 Å². The molecule has 0 radical (unpaired) electrons. The van der Waals surface area contributed by atoms with E-state index in [9.17, 15) is 41.5 Å². The predicted molar refractivity (Wildman–Crippen MR) is 164 cm³/mol. The van der Waals surface area contributed by atoms with E-state index >= 15 is 0 Å². The SMILES string of the molecule is CC(C)(C)OC(=O)C[C@H](NC(=O)C1COCCN(C(=O)C(=O)Cc2ccccc2C(C)(C)C)C1)C(=O)COc1c(F)c(F)cc(F)c1F. The Balaban J connectivity index is 1.76. The Kier molecular flexibility index (Phi) is 12.5. The molecule has 0 saturated carbocycles. The summed E-state index contributed by atoms with van der Waals surface area (Å²) in [6, 6.07) is 5.55. The van der Waals surface area contributed by atoms with Gasteiger partial charge in [0.25, 0.3) is 5.91 Å². The van der Waals surface area contributed by atoms with E-state index in [4.69, 9.17) is 14.2 Å². The van der Waals surface area contributed by atoms with Gasteiger partial charge in [-0.05, 0) is 37.3 Å². The van der Waals surface area contributed by atoms with Crippen LogP contribution >= 0.6 is 0 Å². The quantitative estimate of drug-likeness (QED) is 0.163. The van der Waals surface area contributed by atoms with Crippen LogP contribution in [0.3, 0.4) is 0 Å². The zero-order chi connectivity index (χ0) is 36.0. The maximum absolute atomic E-state index is 14.1. The maximum Gasteiger partial charge on any atom is 0.308 e. The third-order valence-corrected chi connectivity index (χ3v) is 7.26. The molecule has 1 aliphatic heterocycles. The van der Waals surface area contributed by atoms with Crippen molar-refractivity contribution in [1.29, 1.82) is 0 Å². The zero-order valence-corrected chi connectivity index (χ0v) is 27.7. The van der Waals surface area contributed by atoms with Gasteiger partial charge in [0.2, 0.25) is 23.3 Å². The van der Waals surface area contributed by atoms with Crippen molar-refractivity contribution in [2.24, 2.45) is 5.92 Å². The summed E-state index contributed by atoms with van der Waals surface area (Å²) in [5.41, 5.74) is 0.329. The third-order valence-electron chi connectivity index (χ3n) is 7.26. The van der Waals surface area contributed by atoms with Crippen LogP contribution in [0.25, 0.3) is 0 Å². The number of carbonyl (C=O) groups is 5. The van der Waals surface area contributed by atoms with E-state index < -0.39 is 89.0 Å². The standard InChI is InChI=1S/C34H40F4N2O8/c1-33(2,3)21-10-8-7-9-19(21)13-25(41)32(45)40-11-12-46-17-20(16-40)31(44)39-24(15-27(43)48-34(4,5)6)26(42)18-47-30-28(37)22(35)14-23(36)29(30)38/h7-10,14,20,24H,11-13,15-18H2,1-6H3,(H,39,44)/t20?,24-/m0/s1. The Labute approximate surface area is 276 Å². The first-order valence-electron chi connectivity index (χ1n) is 15.3. The van der Waals surface area contributed by atoms with Crippen molar-refractivity contribution in [1.82, 2.24) is 10.2 Å². The molecule has 0 bridgehead atoms. The number of nitrogens with one attached hydrogen (secondary N) is 1. The van der Waals surface area contributed by atoms with Gasteiger partial charge in [0.05, 0.1) is 25.6 Å². The highest BCUT2D eigenvalue weighted by Crippen LogP contribution is 2.27. The number of Topliss-reactive ketones (excluding diaryl/α,β-unsaturated/α-hetero) is 2. The van der Waals surface area contributed by atoms with Gasteiger partial charge in [-0.3, -0.25) is 24.0 Å². The molecule has 1 N–H and O–H groups in total. The highest BCUT2D eigenvalue weighted by atomic mass is 19.2. The van der Waals surface area contributed by atoms with Gasteiger partial charge in [-0.1, -0.05) is 45.0 Å². The molecule has 0 spiro atoms. The Morgan fingerprint density at radius 2 is 1.60 bits per heavy atom. The molecule has 0 aromatic heterocycles. The van der Waals surface area contributed by atoms with Crippen LogP contribution in [0, 0.1) is 29.2 Å². The number of rotatable bonds is 11. The summed E-state index contributed by atoms with van der Waals surface area (Å²) in [7, 11) is 0. The topological polar surface area (TPSA) is 128 Å². The van der Waals surface area contributed by atoms with Crippen LogP contribution in [0.1, 0.15) is 59.1 Å². The van der Waals surface area contributed by atoms with Gasteiger partial charge in [-0.25, -0.2) is 8.78 Å². The summed E-state index contributed by atoms with van der Waals surface area (Å²) in [6.45, 7) is 8.98. The fourth-order valence-corrected chi connectivity index (χ4v) is 4.99. The summed E-state index contributed by atoms with van der Waals surface area (Å²) >= 11 is 0. The van der Waals surface area contributed by atoms with Crippen molar-refractivity contribution in [2.75, 3.05) is 32.9 Å². The second-order valence-corrected chi connectivity index (χ2v) is 13.4. The smallest absolute Gasteiger partial charge is 0.308 e. The molecular formula is C34H40F4N2O8. The molecule has 2 aromatic rings. The Bertz CT molecular complexity index is 1520. The van der Waals surface area contributed by atoms with Crippen molar-refractivity contribution in [3.05, 3.63) is 64.7 Å². The van der Waals surface area contributed by atoms with Gasteiger partial charge in [-0.15, -0.1) is 0 Å². The number of ketones is 2. The van der Waals surface area contributed by atoms with Crippen LogP contribution in [0.5, 0.6) is 5.75 Å². The largest absolute Gasteiger partial charge is 0.479 e. The molecular weight excluding hydrogens is 640 g/mol. The van der Waals surface area contributed by atoms with Crippen molar-refractivity contribution >= 4 is 29.4 Å². The van der Waals surface area contributed by atoms with Gasteiger partial charge in [0, 0.05) is 25.6 Å². The van der Waals surface area contributed by atoms with Crippen molar-refractivity contribution < 1.29 is 55.7 Å². The second kappa shape index (κ2) is 15.7. The molecule has 1 heterocycles. The lowest BCUT2D eigenvalue weighted by Gasteiger charge is -2.26. The average molecular weight is 681 g/mol. The molecule has 1 saturated heterocycles. The number of carbonyl (C=O) groups excluding carboxylic acids is 5. The lowest BCUT2D eigenvalue weighted by atomic mass is 9.82. The number of hydrogen-bond donors (Lipinski definition) is 1. The van der Waals surface area contributed by atoms with Gasteiger partial charge in [0.1, 0.15) is 18.2 Å². The fraction of sp³-hybridized carbons (Fsp3) is 0.500. The molecule has 14 heteroatoms. The molecule has 2 amide bonds. The lowest BCUT2D eigenvalue weighted by Crippen LogP contribution is -2.50. The molecule has 3 rings (SSSR count). The van der Waals surface area contributed by atoms with E-state index in [-0.39, 0.29) is 44.2 Å². The molecule has 0 aliphatic carbocycles. The van der Waals surface area contributed by atoms with Crippen LogP contribution in [0.4, 0.5) is 17.6 Å². The summed E-state index contributed by atoms with van der Waals surface area (Å²) in [6.07, 6.45) is -0.904. The van der Waals surface area contributed by atoms with Gasteiger partial charge >= 0.3 is 5.97 Å². The first-order chi connectivity index (χ1) is 22.3. The number of esters is 1. The predicted octanol–water partition coefficient (Wildman–Crippen LogP) is 3.99. The minimum atomic E-state index is -1.88. The second-order valence-electron chi connectivity index (χ2n) is 13.4. The number of hydrogen-bond acceptors (Lipinski definition) is 8. The number of amides is 2. The Morgan fingerprint density at radius 3 is 2.21 bits per heavy atom. The molecule has 1 unspecified atom stereocenters. The van der Waals surface area contributed by atoms with Crippen molar-refractivity contribution in [3.8, 4) is 5.75 Å². The zero-order valence-electron chi connectivity index (χ0n) is 27.7. The molecule has 2 aromatic carbocycles. The van der Waals surface area contributed by atoms with Crippen molar-refractivity contribution in [3.63, 3.8) is 0 Å². The van der Waals surface area contributed by atoms with E-state index in [0.29, 0.717) is 5.56 Å². The number of halogens is 4.